The number of hydrogen-bond donors (Lipinski definition) is 1. The number of piperidine rings is 1. The van der Waals surface area contributed by atoms with Gasteiger partial charge in [-0.2, -0.15) is 0 Å². The second kappa shape index (κ2) is 12.9. The predicted octanol–water partition coefficient (Wildman–Crippen LogP) is 6.93. The number of aromatic nitrogens is 1. The summed E-state index contributed by atoms with van der Waals surface area (Å²) >= 11 is 6.44. The maximum absolute atomic E-state index is 13.7. The number of pyridine rings is 1. The minimum atomic E-state index is -0.296. The van der Waals surface area contributed by atoms with Gasteiger partial charge in [0.15, 0.2) is 0 Å². The first-order valence-electron chi connectivity index (χ1n) is 14.8. The van der Waals surface area contributed by atoms with E-state index in [4.69, 9.17) is 21.3 Å². The number of rotatable bonds is 5. The molecule has 40 heavy (non-hydrogen) atoms. The van der Waals surface area contributed by atoms with E-state index in [-0.39, 0.29) is 11.2 Å². The predicted molar refractivity (Wildman–Crippen MR) is 163 cm³/mol. The van der Waals surface area contributed by atoms with Gasteiger partial charge < -0.3 is 15.0 Å². The Morgan fingerprint density at radius 1 is 1.10 bits per heavy atom. The van der Waals surface area contributed by atoms with Crippen LogP contribution in [-0.2, 0) is 12.0 Å². The molecule has 2 atom stereocenters. The summed E-state index contributed by atoms with van der Waals surface area (Å²) in [5.41, 5.74) is 5.49. The number of hydrogen-bond acceptors (Lipinski definition) is 5. The minimum absolute atomic E-state index is 0.0328. The molecular weight excluding hydrogens is 523 g/mol. The van der Waals surface area contributed by atoms with Crippen molar-refractivity contribution < 1.29 is 9.13 Å². The first-order valence-corrected chi connectivity index (χ1v) is 15.1. The molecule has 2 aromatic carbocycles. The Kier molecular flexibility index (Phi) is 9.29. The van der Waals surface area contributed by atoms with E-state index in [1.807, 2.05) is 31.2 Å². The topological polar surface area (TPSA) is 40.6 Å². The number of para-hydroxylation sites is 1. The van der Waals surface area contributed by atoms with Crippen LogP contribution in [0.1, 0.15) is 50.8 Å². The Labute approximate surface area is 243 Å². The lowest BCUT2D eigenvalue weighted by Crippen LogP contribution is -2.57. The maximum atomic E-state index is 13.7. The van der Waals surface area contributed by atoms with Crippen LogP contribution in [0.15, 0.2) is 54.6 Å². The van der Waals surface area contributed by atoms with E-state index in [1.54, 1.807) is 0 Å². The Hall–Kier alpha value is -2.67. The molecule has 4 heterocycles. The quantitative estimate of drug-likeness (QED) is 0.364. The Balaban J connectivity index is 0.000000582. The molecule has 3 aromatic rings. The molecule has 1 spiro atoms. The van der Waals surface area contributed by atoms with Crippen molar-refractivity contribution in [3.05, 3.63) is 76.7 Å². The highest BCUT2D eigenvalue weighted by atomic mass is 35.5. The van der Waals surface area contributed by atoms with Crippen LogP contribution in [0.3, 0.4) is 0 Å². The van der Waals surface area contributed by atoms with Crippen molar-refractivity contribution >= 4 is 17.3 Å². The molecule has 3 aliphatic rings. The third-order valence-electron chi connectivity index (χ3n) is 8.70. The summed E-state index contributed by atoms with van der Waals surface area (Å²) < 4.78 is 19.5. The van der Waals surface area contributed by atoms with Gasteiger partial charge in [0.05, 0.1) is 28.7 Å². The molecule has 1 N–H and O–H groups in total. The van der Waals surface area contributed by atoms with Crippen molar-refractivity contribution in [3.8, 4) is 17.0 Å². The molecule has 7 heteroatoms. The molecule has 3 aliphatic heterocycles. The van der Waals surface area contributed by atoms with Crippen molar-refractivity contribution in [2.75, 3.05) is 51.3 Å². The lowest BCUT2D eigenvalue weighted by atomic mass is 9.62. The Morgan fingerprint density at radius 3 is 2.60 bits per heavy atom. The van der Waals surface area contributed by atoms with Gasteiger partial charge in [-0.05, 0) is 94.2 Å². The monoisotopic (exact) mass is 564 g/mol. The molecular formula is C33H42ClFN4O. The van der Waals surface area contributed by atoms with Crippen LogP contribution in [0.25, 0.3) is 11.3 Å². The fraction of sp³-hybridized carbons (Fsp3) is 0.485. The van der Waals surface area contributed by atoms with E-state index in [0.29, 0.717) is 17.5 Å². The third-order valence-corrected chi connectivity index (χ3v) is 9.00. The van der Waals surface area contributed by atoms with E-state index in [0.717, 1.165) is 67.4 Å². The first-order chi connectivity index (χ1) is 19.4. The van der Waals surface area contributed by atoms with Gasteiger partial charge in [0.1, 0.15) is 11.6 Å². The molecule has 0 saturated carbocycles. The second-order valence-electron chi connectivity index (χ2n) is 11.3. The van der Waals surface area contributed by atoms with Crippen molar-refractivity contribution in [2.24, 2.45) is 5.92 Å². The van der Waals surface area contributed by atoms with Crippen molar-refractivity contribution in [2.45, 2.75) is 51.5 Å². The Bertz CT molecular complexity index is 1290. The molecule has 214 valence electrons. The number of nitrogens with zero attached hydrogens (tertiary/aromatic N) is 3. The molecule has 2 fully saturated rings. The van der Waals surface area contributed by atoms with Crippen LogP contribution in [0.5, 0.6) is 5.75 Å². The smallest absolute Gasteiger partial charge is 0.128 e. The van der Waals surface area contributed by atoms with Gasteiger partial charge in [-0.1, -0.05) is 43.1 Å². The van der Waals surface area contributed by atoms with E-state index in [1.165, 1.54) is 43.6 Å². The maximum Gasteiger partial charge on any atom is 0.128 e. The highest BCUT2D eigenvalue weighted by molar-refractivity contribution is 6.33. The summed E-state index contributed by atoms with van der Waals surface area (Å²) in [6.45, 7) is 11.0. The Morgan fingerprint density at radius 2 is 1.90 bits per heavy atom. The summed E-state index contributed by atoms with van der Waals surface area (Å²) in [6.07, 6.45) is 4.84. The zero-order chi connectivity index (χ0) is 28.1. The molecule has 0 radical (unpaired) electrons. The highest BCUT2D eigenvalue weighted by Gasteiger charge is 2.47. The fourth-order valence-corrected chi connectivity index (χ4v) is 7.08. The molecule has 0 aliphatic carbocycles. The number of halogens is 2. The molecule has 2 unspecified atom stereocenters. The number of likely N-dealkylation sites (N-methyl/N-ethyl adjacent to an activating group) is 1. The summed E-state index contributed by atoms with van der Waals surface area (Å²) in [5.74, 6) is 1.01. The number of anilines is 1. The lowest BCUT2D eigenvalue weighted by Gasteiger charge is -2.53. The SMILES string of the molecule is C1CCNC1.CCOc1ccccc1-c1ccc2c(n1)CN(C)CC21CCN(c2ccc(F)cc2Cl)CC1CC. The van der Waals surface area contributed by atoms with E-state index >= 15 is 0 Å². The van der Waals surface area contributed by atoms with Gasteiger partial charge in [-0.25, -0.2) is 4.39 Å². The number of benzene rings is 2. The van der Waals surface area contributed by atoms with Crippen molar-refractivity contribution in [3.63, 3.8) is 0 Å². The third kappa shape index (κ3) is 6.00. The van der Waals surface area contributed by atoms with Crippen molar-refractivity contribution in [1.82, 2.24) is 15.2 Å². The number of ether oxygens (including phenoxy) is 1. The van der Waals surface area contributed by atoms with Crippen LogP contribution >= 0.6 is 11.6 Å². The van der Waals surface area contributed by atoms with Gasteiger partial charge in [0.2, 0.25) is 0 Å². The summed E-state index contributed by atoms with van der Waals surface area (Å²) in [4.78, 5) is 9.94. The lowest BCUT2D eigenvalue weighted by molar-refractivity contribution is 0.121. The van der Waals surface area contributed by atoms with Gasteiger partial charge in [-0.15, -0.1) is 0 Å². The minimum Gasteiger partial charge on any atom is -0.493 e. The van der Waals surface area contributed by atoms with Crippen LogP contribution in [0, 0.1) is 11.7 Å². The molecule has 5 nitrogen and oxygen atoms in total. The van der Waals surface area contributed by atoms with Gasteiger partial charge in [0.25, 0.3) is 0 Å². The average molecular weight is 565 g/mol. The average Bonchev–Trinajstić information content (AvgIpc) is 3.54. The van der Waals surface area contributed by atoms with Crippen LogP contribution in [0.2, 0.25) is 5.02 Å². The van der Waals surface area contributed by atoms with E-state index < -0.39 is 0 Å². The molecule has 1 aromatic heterocycles. The number of fused-ring (bicyclic) bond motifs is 2. The summed E-state index contributed by atoms with van der Waals surface area (Å²) in [7, 11) is 2.20. The number of nitrogens with one attached hydrogen (secondary N) is 1. The molecule has 2 saturated heterocycles. The van der Waals surface area contributed by atoms with Crippen LogP contribution in [-0.4, -0.2) is 56.3 Å². The van der Waals surface area contributed by atoms with E-state index in [2.05, 4.69) is 47.3 Å². The highest BCUT2D eigenvalue weighted by Crippen LogP contribution is 2.47. The summed E-state index contributed by atoms with van der Waals surface area (Å²) in [5, 5.41) is 3.70. The van der Waals surface area contributed by atoms with Gasteiger partial charge >= 0.3 is 0 Å². The zero-order valence-electron chi connectivity index (χ0n) is 24.1. The van der Waals surface area contributed by atoms with Gasteiger partial charge in [-0.3, -0.25) is 9.88 Å². The zero-order valence-corrected chi connectivity index (χ0v) is 24.8. The summed E-state index contributed by atoms with van der Waals surface area (Å²) in [6, 6.07) is 17.3. The molecule has 6 rings (SSSR count). The van der Waals surface area contributed by atoms with E-state index in [9.17, 15) is 4.39 Å². The fourth-order valence-electron chi connectivity index (χ4n) is 6.80. The molecule has 0 amide bonds. The van der Waals surface area contributed by atoms with Gasteiger partial charge in [0, 0.05) is 37.2 Å². The molecule has 0 bridgehead atoms. The second-order valence-corrected chi connectivity index (χ2v) is 11.7. The normalized spacial score (nSPS) is 22.5. The standard InChI is InChI=1S/C29H33ClFN3O.C4H9N/c1-4-20-17-34(27-13-10-21(31)16-24(27)30)15-14-29(20)19-33(3)18-26-23(29)11-12-25(32-26)22-8-6-7-9-28(22)35-5-2;1-2-4-5-3-1/h6-13,16,20H,4-5,14-15,17-19H2,1-3H3;5H,1-4H2. The first kappa shape index (κ1) is 28.8. The largest absolute Gasteiger partial charge is 0.493 e. The van der Waals surface area contributed by atoms with Crippen LogP contribution in [0.4, 0.5) is 10.1 Å². The van der Waals surface area contributed by atoms with Crippen molar-refractivity contribution in [1.29, 1.82) is 0 Å². The van der Waals surface area contributed by atoms with Crippen LogP contribution < -0.4 is 15.0 Å².